The van der Waals surface area contributed by atoms with Crippen molar-refractivity contribution in [1.82, 2.24) is 9.71 Å². The number of carbonyl (C=O) groups excluding carboxylic acids is 1. The fourth-order valence-electron chi connectivity index (χ4n) is 2.90. The summed E-state index contributed by atoms with van der Waals surface area (Å²) in [7, 11) is 1.54. The third-order valence-electron chi connectivity index (χ3n) is 4.24. The van der Waals surface area contributed by atoms with E-state index in [1.165, 1.54) is 19.2 Å². The molecule has 0 bridgehead atoms. The third-order valence-corrected chi connectivity index (χ3v) is 4.68. The highest BCUT2D eigenvalue weighted by molar-refractivity contribution is 7.77. The Balaban J connectivity index is 1.83. The van der Waals surface area contributed by atoms with Gasteiger partial charge in [0.2, 0.25) is 0 Å². The van der Waals surface area contributed by atoms with Crippen LogP contribution in [0.5, 0.6) is 5.75 Å². The molecule has 1 N–H and O–H groups in total. The van der Waals surface area contributed by atoms with Crippen LogP contribution < -0.4 is 9.46 Å². The lowest BCUT2D eigenvalue weighted by Gasteiger charge is -2.09. The zero-order valence-corrected chi connectivity index (χ0v) is 15.9. The number of benzene rings is 2. The highest BCUT2D eigenvalue weighted by Crippen LogP contribution is 2.22. The van der Waals surface area contributed by atoms with Gasteiger partial charge < -0.3 is 9.29 Å². The summed E-state index contributed by atoms with van der Waals surface area (Å²) in [5.41, 5.74) is 2.01. The van der Waals surface area contributed by atoms with E-state index >= 15 is 0 Å². The van der Waals surface area contributed by atoms with Crippen LogP contribution in [0, 0.1) is 5.82 Å². The summed E-state index contributed by atoms with van der Waals surface area (Å²) in [4.78, 5) is 17.1. The number of carbonyl (C=O) groups is 1. The number of ketones is 1. The Morgan fingerprint density at radius 2 is 2.04 bits per heavy atom. The number of aromatic nitrogens is 1. The lowest BCUT2D eigenvalue weighted by Crippen LogP contribution is -2.18. The Bertz CT molecular complexity index is 1040. The number of hydrogen-bond acceptors (Lipinski definition) is 5. The standard InChI is InChI=1S/C20H19FN2O4S/c1-27-18-11-15-9-14(4-5-19(15)22-12-18)20(24)16-7-13(8-17(21)10-16)3-2-6-23-28(25)26/h4-5,7-12,23H,2-3,6H2,1H3,(H,25,26)/p-1. The van der Waals surface area contributed by atoms with Crippen molar-refractivity contribution >= 4 is 28.0 Å². The van der Waals surface area contributed by atoms with Crippen molar-refractivity contribution in [2.24, 2.45) is 0 Å². The predicted octanol–water partition coefficient (Wildman–Crippen LogP) is 2.93. The quantitative estimate of drug-likeness (QED) is 0.356. The van der Waals surface area contributed by atoms with Crippen molar-refractivity contribution in [2.75, 3.05) is 13.7 Å². The highest BCUT2D eigenvalue weighted by atomic mass is 32.2. The minimum atomic E-state index is -2.32. The second-order valence-corrected chi connectivity index (χ2v) is 6.95. The molecule has 0 radical (unpaired) electrons. The van der Waals surface area contributed by atoms with Gasteiger partial charge in [0.1, 0.15) is 11.6 Å². The van der Waals surface area contributed by atoms with Gasteiger partial charge in [-0.15, -0.1) is 0 Å². The molecule has 0 fully saturated rings. The molecule has 1 atom stereocenters. The molecule has 0 aliphatic heterocycles. The highest BCUT2D eigenvalue weighted by Gasteiger charge is 2.13. The molecular formula is C20H18FN2O4S-. The van der Waals surface area contributed by atoms with E-state index in [4.69, 9.17) is 4.74 Å². The number of nitrogens with zero attached hydrogens (tertiary/aromatic N) is 1. The van der Waals surface area contributed by atoms with Crippen LogP contribution in [0.25, 0.3) is 10.9 Å². The van der Waals surface area contributed by atoms with Crippen LogP contribution in [0.1, 0.15) is 27.9 Å². The average molecular weight is 401 g/mol. The van der Waals surface area contributed by atoms with E-state index in [1.54, 1.807) is 36.5 Å². The SMILES string of the molecule is COc1cnc2ccc(C(=O)c3cc(F)cc(CCCNS(=O)[O-])c3)cc2c1. The maximum absolute atomic E-state index is 14.0. The molecule has 3 rings (SSSR count). The van der Waals surface area contributed by atoms with Crippen molar-refractivity contribution in [1.29, 1.82) is 0 Å². The third kappa shape index (κ3) is 4.98. The van der Waals surface area contributed by atoms with Gasteiger partial charge in [-0.2, -0.15) is 0 Å². The molecule has 2 aromatic carbocycles. The van der Waals surface area contributed by atoms with E-state index in [9.17, 15) is 17.9 Å². The number of nitrogens with one attached hydrogen (secondary N) is 1. The second-order valence-electron chi connectivity index (χ2n) is 6.19. The number of methoxy groups -OCH3 is 1. The molecule has 0 spiro atoms. The number of hydrogen-bond donors (Lipinski definition) is 1. The predicted molar refractivity (Wildman–Crippen MR) is 103 cm³/mol. The number of aryl methyl sites for hydroxylation is 1. The lowest BCUT2D eigenvalue weighted by atomic mass is 9.98. The molecule has 8 heteroatoms. The molecule has 0 saturated carbocycles. The monoisotopic (exact) mass is 401 g/mol. The number of halogens is 1. The van der Waals surface area contributed by atoms with Crippen LogP contribution in [0.2, 0.25) is 0 Å². The van der Waals surface area contributed by atoms with Crippen LogP contribution in [-0.2, 0) is 17.7 Å². The van der Waals surface area contributed by atoms with Crippen molar-refractivity contribution in [3.8, 4) is 5.75 Å². The van der Waals surface area contributed by atoms with Gasteiger partial charge in [0.05, 0.1) is 18.8 Å². The first-order valence-corrected chi connectivity index (χ1v) is 9.64. The molecule has 0 saturated heterocycles. The summed E-state index contributed by atoms with van der Waals surface area (Å²) in [6, 6.07) is 11.0. The van der Waals surface area contributed by atoms with Crippen LogP contribution in [-0.4, -0.2) is 33.2 Å². The number of fused-ring (bicyclic) bond motifs is 1. The van der Waals surface area contributed by atoms with E-state index in [1.807, 2.05) is 0 Å². The van der Waals surface area contributed by atoms with Gasteiger partial charge in [-0.1, -0.05) is 0 Å². The molecule has 6 nitrogen and oxygen atoms in total. The Labute approximate surface area is 164 Å². The second kappa shape index (κ2) is 9.01. The molecule has 1 unspecified atom stereocenters. The first kappa shape index (κ1) is 20.1. The maximum Gasteiger partial charge on any atom is 0.193 e. The molecule has 1 aromatic heterocycles. The van der Waals surface area contributed by atoms with Gasteiger partial charge in [-0.25, -0.2) is 9.11 Å². The van der Waals surface area contributed by atoms with Crippen molar-refractivity contribution < 1.29 is 22.7 Å². The Kier molecular flexibility index (Phi) is 6.45. The van der Waals surface area contributed by atoms with Gasteiger partial charge in [0.25, 0.3) is 0 Å². The molecule has 3 aromatic rings. The summed E-state index contributed by atoms with van der Waals surface area (Å²) in [6.07, 6.45) is 2.54. The van der Waals surface area contributed by atoms with Gasteiger partial charge >= 0.3 is 0 Å². The summed E-state index contributed by atoms with van der Waals surface area (Å²) in [5, 5.41) is 0.749. The minimum Gasteiger partial charge on any atom is -0.760 e. The van der Waals surface area contributed by atoms with Crippen LogP contribution >= 0.6 is 0 Å². The minimum absolute atomic E-state index is 0.241. The largest absolute Gasteiger partial charge is 0.760 e. The van der Waals surface area contributed by atoms with Crippen LogP contribution in [0.4, 0.5) is 4.39 Å². The van der Waals surface area contributed by atoms with E-state index in [0.717, 1.165) is 10.9 Å². The number of pyridine rings is 1. The lowest BCUT2D eigenvalue weighted by molar-refractivity contribution is 0.103. The summed E-state index contributed by atoms with van der Waals surface area (Å²) >= 11 is -2.32. The normalized spacial score (nSPS) is 12.1. The van der Waals surface area contributed by atoms with Gasteiger partial charge in [-0.3, -0.25) is 14.0 Å². The Morgan fingerprint density at radius 3 is 2.79 bits per heavy atom. The first-order chi connectivity index (χ1) is 13.5. The smallest absolute Gasteiger partial charge is 0.193 e. The maximum atomic E-state index is 14.0. The molecular weight excluding hydrogens is 383 g/mol. The molecule has 0 aliphatic rings. The molecule has 0 aliphatic carbocycles. The number of ether oxygens (including phenoxy) is 1. The van der Waals surface area contributed by atoms with Crippen molar-refractivity contribution in [2.45, 2.75) is 12.8 Å². The van der Waals surface area contributed by atoms with Crippen LogP contribution in [0.15, 0.2) is 48.7 Å². The Hall–Kier alpha value is -2.68. The molecule has 1 heterocycles. The summed E-state index contributed by atoms with van der Waals surface area (Å²) < 4.78 is 42.4. The summed E-state index contributed by atoms with van der Waals surface area (Å²) in [5.74, 6) is -0.229. The van der Waals surface area contributed by atoms with E-state index < -0.39 is 17.1 Å². The van der Waals surface area contributed by atoms with Gasteiger partial charge in [0, 0.05) is 34.3 Å². The van der Waals surface area contributed by atoms with Crippen molar-refractivity contribution in [3.05, 3.63) is 71.2 Å². The van der Waals surface area contributed by atoms with Gasteiger partial charge in [0.15, 0.2) is 5.78 Å². The fraction of sp³-hybridized carbons (Fsp3) is 0.200. The number of rotatable bonds is 8. The van der Waals surface area contributed by atoms with Crippen LogP contribution in [0.3, 0.4) is 0 Å². The average Bonchev–Trinajstić information content (AvgIpc) is 2.69. The van der Waals surface area contributed by atoms with E-state index in [-0.39, 0.29) is 17.9 Å². The Morgan fingerprint density at radius 1 is 1.21 bits per heavy atom. The van der Waals surface area contributed by atoms with Gasteiger partial charge in [-0.05, 0) is 60.9 Å². The van der Waals surface area contributed by atoms with Crippen molar-refractivity contribution in [3.63, 3.8) is 0 Å². The topological polar surface area (TPSA) is 91.3 Å². The van der Waals surface area contributed by atoms with E-state index in [0.29, 0.717) is 29.7 Å². The zero-order chi connectivity index (χ0) is 20.1. The fourth-order valence-corrected chi connectivity index (χ4v) is 3.22. The molecule has 28 heavy (non-hydrogen) atoms. The van der Waals surface area contributed by atoms with E-state index in [2.05, 4.69) is 9.71 Å². The molecule has 146 valence electrons. The summed E-state index contributed by atoms with van der Waals surface area (Å²) in [6.45, 7) is 0.245. The zero-order valence-electron chi connectivity index (χ0n) is 15.1. The first-order valence-electron chi connectivity index (χ1n) is 8.57. The molecule has 0 amide bonds.